The van der Waals surface area contributed by atoms with Crippen molar-refractivity contribution in [1.29, 1.82) is 0 Å². The Balaban J connectivity index is 1.11. The average molecular weight is 376 g/mol. The molecule has 3 aromatic heterocycles. The van der Waals surface area contributed by atoms with Crippen LogP contribution in [0.25, 0.3) is 11.5 Å². The maximum absolute atomic E-state index is 12.3. The highest BCUT2D eigenvalue weighted by atomic mass is 16.5. The number of carbonyl (C=O) groups is 1. The van der Waals surface area contributed by atoms with Gasteiger partial charge in [-0.3, -0.25) is 14.7 Å². The number of rotatable bonds is 6. The molecule has 8 nitrogen and oxygen atoms in total. The highest BCUT2D eigenvalue weighted by Crippen LogP contribution is 2.52. The van der Waals surface area contributed by atoms with Crippen LogP contribution in [0.4, 0.5) is 0 Å². The van der Waals surface area contributed by atoms with Crippen molar-refractivity contribution in [3.8, 4) is 11.5 Å². The summed E-state index contributed by atoms with van der Waals surface area (Å²) in [6.07, 6.45) is 6.98. The summed E-state index contributed by atoms with van der Waals surface area (Å²) in [5, 5.41) is 6.77. The number of aromatic nitrogens is 4. The van der Waals surface area contributed by atoms with Crippen molar-refractivity contribution in [2.75, 3.05) is 13.1 Å². The van der Waals surface area contributed by atoms with Crippen LogP contribution in [-0.4, -0.2) is 44.0 Å². The smallest absolute Gasteiger partial charge is 0.224 e. The first-order valence-electron chi connectivity index (χ1n) is 9.39. The molecule has 28 heavy (non-hydrogen) atoms. The van der Waals surface area contributed by atoms with E-state index in [1.54, 1.807) is 12.3 Å². The Morgan fingerprint density at radius 3 is 2.64 bits per heavy atom. The van der Waals surface area contributed by atoms with Crippen LogP contribution in [0, 0.1) is 17.8 Å². The molecule has 142 valence electrons. The Bertz CT molecular complexity index is 933. The van der Waals surface area contributed by atoms with E-state index < -0.39 is 0 Å². The normalized spacial score (nSPS) is 23.4. The Hall–Kier alpha value is -3.13. The van der Waals surface area contributed by atoms with Crippen molar-refractivity contribution in [2.24, 2.45) is 17.8 Å². The second kappa shape index (κ2) is 7.12. The van der Waals surface area contributed by atoms with Crippen LogP contribution in [0.2, 0.25) is 0 Å². The van der Waals surface area contributed by atoms with Gasteiger partial charge in [-0.15, -0.1) is 0 Å². The van der Waals surface area contributed by atoms with Gasteiger partial charge < -0.3 is 9.84 Å². The first-order valence-corrected chi connectivity index (χ1v) is 9.39. The minimum Gasteiger partial charge on any atom is -0.364 e. The van der Waals surface area contributed by atoms with Gasteiger partial charge in [0.05, 0.1) is 6.54 Å². The van der Waals surface area contributed by atoms with E-state index in [1.165, 1.54) is 6.26 Å². The largest absolute Gasteiger partial charge is 0.364 e. The second-order valence-electron chi connectivity index (χ2n) is 7.39. The van der Waals surface area contributed by atoms with E-state index in [4.69, 9.17) is 4.52 Å². The quantitative estimate of drug-likeness (QED) is 0.697. The van der Waals surface area contributed by atoms with Gasteiger partial charge in [-0.25, -0.2) is 9.97 Å². The Morgan fingerprint density at radius 2 is 1.96 bits per heavy atom. The van der Waals surface area contributed by atoms with Crippen LogP contribution in [-0.2, 0) is 17.9 Å². The molecule has 2 aliphatic rings. The number of carbonyl (C=O) groups excluding carboxylic acids is 1. The van der Waals surface area contributed by atoms with E-state index in [0.717, 1.165) is 36.6 Å². The summed E-state index contributed by atoms with van der Waals surface area (Å²) in [5.74, 6) is 1.79. The predicted molar refractivity (Wildman–Crippen MR) is 99.4 cm³/mol. The maximum atomic E-state index is 12.3. The zero-order chi connectivity index (χ0) is 18.9. The number of nitrogens with one attached hydrogen (secondary N) is 1. The van der Waals surface area contributed by atoms with Crippen molar-refractivity contribution in [3.05, 3.63) is 60.4 Å². The third-order valence-electron chi connectivity index (χ3n) is 5.51. The zero-order valence-corrected chi connectivity index (χ0v) is 15.2. The summed E-state index contributed by atoms with van der Waals surface area (Å²) in [6.45, 7) is 3.11. The van der Waals surface area contributed by atoms with E-state index in [-0.39, 0.29) is 11.8 Å². The van der Waals surface area contributed by atoms with Gasteiger partial charge in [-0.05, 0) is 24.0 Å². The van der Waals surface area contributed by atoms with E-state index in [1.807, 2.05) is 30.6 Å². The number of piperidine rings is 1. The molecule has 3 atom stereocenters. The molecular formula is C20H20N6O2. The molecule has 4 heterocycles. The lowest BCUT2D eigenvalue weighted by Crippen LogP contribution is -2.31. The van der Waals surface area contributed by atoms with Crippen molar-refractivity contribution < 1.29 is 9.32 Å². The van der Waals surface area contributed by atoms with Crippen LogP contribution in [0.3, 0.4) is 0 Å². The van der Waals surface area contributed by atoms with Gasteiger partial charge in [-0.2, -0.15) is 0 Å². The van der Waals surface area contributed by atoms with Gasteiger partial charge in [0.25, 0.3) is 0 Å². The summed E-state index contributed by atoms with van der Waals surface area (Å²) in [7, 11) is 0. The fourth-order valence-corrected chi connectivity index (χ4v) is 4.08. The molecule has 1 saturated carbocycles. The monoisotopic (exact) mass is 376 g/mol. The summed E-state index contributed by atoms with van der Waals surface area (Å²) in [4.78, 5) is 27.8. The van der Waals surface area contributed by atoms with Gasteiger partial charge in [0, 0.05) is 55.8 Å². The summed E-state index contributed by atoms with van der Waals surface area (Å²) in [5.41, 5.74) is 2.60. The van der Waals surface area contributed by atoms with Crippen LogP contribution in [0.15, 0.2) is 53.6 Å². The topological polar surface area (TPSA) is 97.0 Å². The molecule has 3 aromatic rings. The average Bonchev–Trinajstić information content (AvgIpc) is 3.08. The minimum absolute atomic E-state index is 0.126. The lowest BCUT2D eigenvalue weighted by Gasteiger charge is -2.19. The highest BCUT2D eigenvalue weighted by Gasteiger charge is 2.59. The van der Waals surface area contributed by atoms with Gasteiger partial charge in [0.2, 0.25) is 5.91 Å². The molecule has 1 aliphatic heterocycles. The molecule has 0 bridgehead atoms. The molecule has 0 radical (unpaired) electrons. The summed E-state index contributed by atoms with van der Waals surface area (Å²) in [6, 6.07) is 7.46. The Labute approximate surface area is 162 Å². The number of pyridine rings is 1. The van der Waals surface area contributed by atoms with Crippen LogP contribution in [0.5, 0.6) is 0 Å². The Morgan fingerprint density at radius 1 is 1.14 bits per heavy atom. The number of likely N-dealkylation sites (tertiary alicyclic amines) is 1. The fourth-order valence-electron chi connectivity index (χ4n) is 4.08. The molecule has 2 fully saturated rings. The lowest BCUT2D eigenvalue weighted by molar-refractivity contribution is -0.123. The zero-order valence-electron chi connectivity index (χ0n) is 15.2. The number of hydrogen-bond donors (Lipinski definition) is 1. The molecule has 1 unspecified atom stereocenters. The van der Waals surface area contributed by atoms with Gasteiger partial charge in [-0.1, -0.05) is 11.2 Å². The van der Waals surface area contributed by atoms with Crippen LogP contribution >= 0.6 is 0 Å². The Kier molecular flexibility index (Phi) is 4.32. The number of nitrogens with zero attached hydrogens (tertiary/aromatic N) is 5. The molecular weight excluding hydrogens is 356 g/mol. The first kappa shape index (κ1) is 17.0. The maximum Gasteiger partial charge on any atom is 0.224 e. The van der Waals surface area contributed by atoms with E-state index in [9.17, 15) is 4.79 Å². The summed E-state index contributed by atoms with van der Waals surface area (Å²) >= 11 is 0. The third kappa shape index (κ3) is 3.38. The van der Waals surface area contributed by atoms with Gasteiger partial charge in [0.1, 0.15) is 17.7 Å². The van der Waals surface area contributed by atoms with Crippen molar-refractivity contribution in [1.82, 2.24) is 30.3 Å². The van der Waals surface area contributed by atoms with Crippen LogP contribution < -0.4 is 5.32 Å². The predicted octanol–water partition coefficient (Wildman–Crippen LogP) is 1.52. The fraction of sp³-hybridized carbons (Fsp3) is 0.350. The first-order chi connectivity index (χ1) is 13.8. The minimum atomic E-state index is 0.126. The SMILES string of the molecule is O=C(NCc1ccon1)C1[C@H]2CN(Cc3cnc(-c4ccccn4)nc3)C[C@@H]12. The molecule has 1 saturated heterocycles. The number of amides is 1. The van der Waals surface area contributed by atoms with Crippen molar-refractivity contribution >= 4 is 5.91 Å². The molecule has 0 spiro atoms. The van der Waals surface area contributed by atoms with Crippen molar-refractivity contribution in [3.63, 3.8) is 0 Å². The number of hydrogen-bond acceptors (Lipinski definition) is 7. The molecule has 5 rings (SSSR count). The molecule has 0 aromatic carbocycles. The standard InChI is InChI=1S/C20H20N6O2/c27-20(24-9-14-4-6-28-25-14)18-15-11-26(12-16(15)18)10-13-7-22-19(23-8-13)17-3-1-2-5-21-17/h1-8,15-16,18H,9-12H2,(H,24,27)/t15-,16+,18?. The summed E-state index contributed by atoms with van der Waals surface area (Å²) < 4.78 is 4.78. The van der Waals surface area contributed by atoms with E-state index in [2.05, 4.69) is 30.3 Å². The third-order valence-corrected chi connectivity index (χ3v) is 5.51. The number of fused-ring (bicyclic) bond motifs is 1. The molecule has 8 heteroatoms. The molecule has 1 amide bonds. The molecule has 1 aliphatic carbocycles. The van der Waals surface area contributed by atoms with Crippen molar-refractivity contribution in [2.45, 2.75) is 13.1 Å². The van der Waals surface area contributed by atoms with Gasteiger partial charge >= 0.3 is 0 Å². The van der Waals surface area contributed by atoms with E-state index in [0.29, 0.717) is 24.2 Å². The lowest BCUT2D eigenvalue weighted by atomic mass is 10.2. The second-order valence-corrected chi connectivity index (χ2v) is 7.39. The van der Waals surface area contributed by atoms with Crippen LogP contribution in [0.1, 0.15) is 11.3 Å². The highest BCUT2D eigenvalue weighted by molar-refractivity contribution is 5.82. The molecule has 1 N–H and O–H groups in total. The van der Waals surface area contributed by atoms with E-state index >= 15 is 0 Å². The van der Waals surface area contributed by atoms with Gasteiger partial charge in [0.15, 0.2) is 5.82 Å².